The molecule has 0 saturated heterocycles. The molecule has 26 heavy (non-hydrogen) atoms. The summed E-state index contributed by atoms with van der Waals surface area (Å²) in [5.41, 5.74) is 2.49. The standard InChI is InChI=1S/C19H22ClFN4O/c1-13-16(11-22-12-17(24(2)3)18-5-4-10-26-18)19(20)25(23-13)15-8-6-14(21)7-9-15/h4-10,17,22H,11-12H2,1-3H3. The van der Waals surface area contributed by atoms with Crippen molar-refractivity contribution >= 4 is 11.6 Å². The number of aromatic nitrogens is 2. The summed E-state index contributed by atoms with van der Waals surface area (Å²) < 4.78 is 20.3. The van der Waals surface area contributed by atoms with Crippen molar-refractivity contribution in [3.05, 3.63) is 70.6 Å². The van der Waals surface area contributed by atoms with Gasteiger partial charge in [-0.05, 0) is 57.4 Å². The first-order valence-electron chi connectivity index (χ1n) is 8.38. The van der Waals surface area contributed by atoms with E-state index in [0.717, 1.165) is 22.7 Å². The summed E-state index contributed by atoms with van der Waals surface area (Å²) in [7, 11) is 4.03. The number of aryl methyl sites for hydroxylation is 1. The molecule has 0 spiro atoms. The zero-order valence-corrected chi connectivity index (χ0v) is 15.8. The van der Waals surface area contributed by atoms with E-state index in [4.69, 9.17) is 16.0 Å². The van der Waals surface area contributed by atoms with Crippen LogP contribution < -0.4 is 5.32 Å². The molecule has 0 bridgehead atoms. The number of hydrogen-bond acceptors (Lipinski definition) is 4. The van der Waals surface area contributed by atoms with Crippen LogP contribution in [0.1, 0.15) is 23.1 Å². The zero-order valence-electron chi connectivity index (χ0n) is 15.0. The molecule has 7 heteroatoms. The van der Waals surface area contributed by atoms with E-state index in [-0.39, 0.29) is 11.9 Å². The molecule has 1 aromatic carbocycles. The van der Waals surface area contributed by atoms with Gasteiger partial charge in [0.15, 0.2) is 0 Å². The quantitative estimate of drug-likeness (QED) is 0.678. The molecule has 2 heterocycles. The van der Waals surface area contributed by atoms with Crippen molar-refractivity contribution in [2.24, 2.45) is 0 Å². The van der Waals surface area contributed by atoms with Gasteiger partial charge in [0.25, 0.3) is 0 Å². The fraction of sp³-hybridized carbons (Fsp3) is 0.316. The highest BCUT2D eigenvalue weighted by Crippen LogP contribution is 2.24. The summed E-state index contributed by atoms with van der Waals surface area (Å²) in [6.07, 6.45) is 1.68. The largest absolute Gasteiger partial charge is 0.468 e. The first-order valence-corrected chi connectivity index (χ1v) is 8.75. The predicted octanol–water partition coefficient (Wildman–Crippen LogP) is 3.96. The fourth-order valence-electron chi connectivity index (χ4n) is 2.84. The third-order valence-electron chi connectivity index (χ3n) is 4.33. The summed E-state index contributed by atoms with van der Waals surface area (Å²) in [6.45, 7) is 3.20. The third-order valence-corrected chi connectivity index (χ3v) is 4.72. The van der Waals surface area contributed by atoms with E-state index in [0.29, 0.717) is 18.2 Å². The maximum absolute atomic E-state index is 13.1. The van der Waals surface area contributed by atoms with Gasteiger partial charge in [0, 0.05) is 18.7 Å². The molecular weight excluding hydrogens is 355 g/mol. The molecule has 1 unspecified atom stereocenters. The van der Waals surface area contributed by atoms with E-state index >= 15 is 0 Å². The Morgan fingerprint density at radius 3 is 2.62 bits per heavy atom. The summed E-state index contributed by atoms with van der Waals surface area (Å²) in [4.78, 5) is 2.10. The summed E-state index contributed by atoms with van der Waals surface area (Å²) in [5.74, 6) is 0.621. The predicted molar refractivity (Wildman–Crippen MR) is 100 cm³/mol. The highest BCUT2D eigenvalue weighted by atomic mass is 35.5. The lowest BCUT2D eigenvalue weighted by Crippen LogP contribution is -2.30. The Balaban J connectivity index is 1.71. The molecule has 0 radical (unpaired) electrons. The number of benzene rings is 1. The van der Waals surface area contributed by atoms with Gasteiger partial charge >= 0.3 is 0 Å². The molecule has 1 atom stereocenters. The third kappa shape index (κ3) is 3.98. The maximum atomic E-state index is 13.1. The van der Waals surface area contributed by atoms with E-state index in [9.17, 15) is 4.39 Å². The molecule has 3 rings (SSSR count). The van der Waals surface area contributed by atoms with Gasteiger partial charge in [0.05, 0.1) is 23.7 Å². The minimum Gasteiger partial charge on any atom is -0.468 e. The van der Waals surface area contributed by atoms with Crippen LogP contribution in [0, 0.1) is 12.7 Å². The van der Waals surface area contributed by atoms with E-state index in [1.807, 2.05) is 33.2 Å². The summed E-state index contributed by atoms with van der Waals surface area (Å²) in [6, 6.07) is 10.1. The van der Waals surface area contributed by atoms with Gasteiger partial charge in [0.2, 0.25) is 0 Å². The van der Waals surface area contributed by atoms with Crippen LogP contribution in [0.2, 0.25) is 5.15 Å². The van der Waals surface area contributed by atoms with E-state index in [2.05, 4.69) is 15.3 Å². The molecule has 3 aromatic rings. The summed E-state index contributed by atoms with van der Waals surface area (Å²) >= 11 is 6.52. The van der Waals surface area contributed by atoms with Crippen LogP contribution >= 0.6 is 11.6 Å². The molecule has 0 amide bonds. The SMILES string of the molecule is Cc1nn(-c2ccc(F)cc2)c(Cl)c1CNCC(c1ccco1)N(C)C. The molecule has 0 aliphatic carbocycles. The lowest BCUT2D eigenvalue weighted by Gasteiger charge is -2.22. The Labute approximate surface area is 157 Å². The second-order valence-electron chi connectivity index (χ2n) is 6.37. The van der Waals surface area contributed by atoms with Crippen LogP contribution in [0.3, 0.4) is 0 Å². The van der Waals surface area contributed by atoms with Crippen LogP contribution in [0.15, 0.2) is 47.1 Å². The first kappa shape index (κ1) is 18.6. The Morgan fingerprint density at radius 1 is 1.27 bits per heavy atom. The van der Waals surface area contributed by atoms with Crippen molar-refractivity contribution < 1.29 is 8.81 Å². The van der Waals surface area contributed by atoms with Crippen molar-refractivity contribution in [1.82, 2.24) is 20.0 Å². The molecule has 0 aliphatic heterocycles. The number of nitrogens with one attached hydrogen (secondary N) is 1. The van der Waals surface area contributed by atoms with Crippen molar-refractivity contribution in [2.45, 2.75) is 19.5 Å². The topological polar surface area (TPSA) is 46.2 Å². The maximum Gasteiger partial charge on any atom is 0.137 e. The second kappa shape index (κ2) is 8.03. The lowest BCUT2D eigenvalue weighted by molar-refractivity contribution is 0.250. The lowest BCUT2D eigenvalue weighted by atomic mass is 10.2. The number of furan rings is 1. The molecule has 0 fully saturated rings. The summed E-state index contributed by atoms with van der Waals surface area (Å²) in [5, 5.41) is 8.44. The second-order valence-corrected chi connectivity index (χ2v) is 6.73. The fourth-order valence-corrected chi connectivity index (χ4v) is 3.18. The van der Waals surface area contributed by atoms with E-state index in [1.165, 1.54) is 12.1 Å². The molecular formula is C19H22ClFN4O. The smallest absolute Gasteiger partial charge is 0.137 e. The van der Waals surface area contributed by atoms with Gasteiger partial charge < -0.3 is 9.73 Å². The minimum atomic E-state index is -0.289. The van der Waals surface area contributed by atoms with Gasteiger partial charge in [-0.25, -0.2) is 9.07 Å². The molecule has 2 aromatic heterocycles. The highest BCUT2D eigenvalue weighted by molar-refractivity contribution is 6.30. The van der Waals surface area contributed by atoms with Crippen LogP contribution in [-0.2, 0) is 6.54 Å². The number of likely N-dealkylation sites (N-methyl/N-ethyl adjacent to an activating group) is 1. The Hall–Kier alpha value is -2.15. The number of halogens is 2. The first-order chi connectivity index (χ1) is 12.5. The number of hydrogen-bond donors (Lipinski definition) is 1. The minimum absolute atomic E-state index is 0.122. The Bertz CT molecular complexity index is 843. The molecule has 0 saturated carbocycles. The number of rotatable bonds is 7. The van der Waals surface area contributed by atoms with Gasteiger partial charge in [0.1, 0.15) is 16.7 Å². The van der Waals surface area contributed by atoms with Crippen molar-refractivity contribution in [2.75, 3.05) is 20.6 Å². The van der Waals surface area contributed by atoms with E-state index in [1.54, 1.807) is 23.1 Å². The van der Waals surface area contributed by atoms with Crippen molar-refractivity contribution in [3.8, 4) is 5.69 Å². The zero-order chi connectivity index (χ0) is 18.7. The van der Waals surface area contributed by atoms with Crippen LogP contribution in [0.4, 0.5) is 4.39 Å². The van der Waals surface area contributed by atoms with Crippen LogP contribution in [0.25, 0.3) is 5.69 Å². The van der Waals surface area contributed by atoms with Gasteiger partial charge in [-0.1, -0.05) is 11.6 Å². The van der Waals surface area contributed by atoms with Crippen molar-refractivity contribution in [3.63, 3.8) is 0 Å². The van der Waals surface area contributed by atoms with Gasteiger partial charge in [-0.3, -0.25) is 4.90 Å². The van der Waals surface area contributed by atoms with Crippen LogP contribution in [-0.4, -0.2) is 35.3 Å². The monoisotopic (exact) mass is 376 g/mol. The van der Waals surface area contributed by atoms with Crippen molar-refractivity contribution in [1.29, 1.82) is 0 Å². The average Bonchev–Trinajstić information content (AvgIpc) is 3.22. The molecule has 5 nitrogen and oxygen atoms in total. The van der Waals surface area contributed by atoms with Crippen LogP contribution in [0.5, 0.6) is 0 Å². The van der Waals surface area contributed by atoms with E-state index < -0.39 is 0 Å². The van der Waals surface area contributed by atoms with Gasteiger partial charge in [-0.2, -0.15) is 5.10 Å². The molecule has 138 valence electrons. The Morgan fingerprint density at radius 2 is 2.00 bits per heavy atom. The Kier molecular flexibility index (Phi) is 5.76. The molecule has 0 aliphatic rings. The normalized spacial score (nSPS) is 12.7. The molecule has 1 N–H and O–H groups in total. The number of nitrogens with zero attached hydrogens (tertiary/aromatic N) is 3. The highest BCUT2D eigenvalue weighted by Gasteiger charge is 2.18. The van der Waals surface area contributed by atoms with Gasteiger partial charge in [-0.15, -0.1) is 0 Å². The average molecular weight is 377 g/mol.